The highest BCUT2D eigenvalue weighted by Crippen LogP contribution is 2.10. The van der Waals surface area contributed by atoms with Crippen molar-refractivity contribution in [3.8, 4) is 0 Å². The van der Waals surface area contributed by atoms with Crippen LogP contribution in [0.2, 0.25) is 0 Å². The summed E-state index contributed by atoms with van der Waals surface area (Å²) in [5.41, 5.74) is 4.35. The van der Waals surface area contributed by atoms with E-state index in [4.69, 9.17) is 15.6 Å². The van der Waals surface area contributed by atoms with E-state index in [-0.39, 0.29) is 0 Å². The van der Waals surface area contributed by atoms with Gasteiger partial charge in [0.25, 0.3) is 0 Å². The molecular formula is C7H15NO3S. The Balaban J connectivity index is 3.54. The smallest absolute Gasteiger partial charge is 0.324 e. The van der Waals surface area contributed by atoms with Gasteiger partial charge in [-0.1, -0.05) is 0 Å². The van der Waals surface area contributed by atoms with Crippen LogP contribution in [0.5, 0.6) is 0 Å². The van der Waals surface area contributed by atoms with Crippen molar-refractivity contribution < 1.29 is 14.6 Å². The van der Waals surface area contributed by atoms with E-state index in [1.54, 1.807) is 7.11 Å². The third kappa shape index (κ3) is 4.58. The molecule has 0 spiro atoms. The molecule has 0 rings (SSSR count). The van der Waals surface area contributed by atoms with Crippen LogP contribution in [0.15, 0.2) is 0 Å². The third-order valence-corrected chi connectivity index (χ3v) is 2.58. The largest absolute Gasteiger partial charge is 0.480 e. The molecule has 1 unspecified atom stereocenters. The predicted octanol–water partition coefficient (Wildman–Crippen LogP) is 0.168. The summed E-state index contributed by atoms with van der Waals surface area (Å²) >= 11 is 1.48. The van der Waals surface area contributed by atoms with Crippen LogP contribution < -0.4 is 5.73 Å². The lowest BCUT2D eigenvalue weighted by atomic mass is 10.1. The zero-order valence-corrected chi connectivity index (χ0v) is 8.19. The number of carboxylic acid groups (broad SMARTS) is 1. The lowest BCUT2D eigenvalue weighted by molar-refractivity contribution is -0.141. The molecule has 0 aliphatic rings. The summed E-state index contributed by atoms with van der Waals surface area (Å²) in [5.74, 6) is 0.217. The van der Waals surface area contributed by atoms with Gasteiger partial charge in [0, 0.05) is 18.6 Å². The number of ether oxygens (including phenoxy) is 1. The fourth-order valence-electron chi connectivity index (χ4n) is 0.488. The maximum absolute atomic E-state index is 10.5. The van der Waals surface area contributed by atoms with Gasteiger partial charge in [0.05, 0.1) is 6.61 Å². The van der Waals surface area contributed by atoms with Gasteiger partial charge in [0.1, 0.15) is 5.54 Å². The summed E-state index contributed by atoms with van der Waals surface area (Å²) in [4.78, 5) is 10.5. The van der Waals surface area contributed by atoms with Crippen molar-refractivity contribution in [2.45, 2.75) is 12.5 Å². The van der Waals surface area contributed by atoms with E-state index in [0.29, 0.717) is 12.4 Å². The van der Waals surface area contributed by atoms with Gasteiger partial charge in [-0.15, -0.1) is 0 Å². The van der Waals surface area contributed by atoms with Crippen molar-refractivity contribution in [2.75, 3.05) is 25.2 Å². The standard InChI is InChI=1S/C7H15NO3S/c1-7(8,6(9)10)5-12-4-3-11-2/h3-5,8H2,1-2H3,(H,9,10). The maximum atomic E-state index is 10.5. The number of nitrogens with two attached hydrogens (primary N) is 1. The average Bonchev–Trinajstić information content (AvgIpc) is 1.98. The van der Waals surface area contributed by atoms with Crippen LogP contribution in [0.25, 0.3) is 0 Å². The molecule has 5 heteroatoms. The molecule has 0 aliphatic heterocycles. The molecule has 0 amide bonds. The van der Waals surface area contributed by atoms with Gasteiger partial charge >= 0.3 is 5.97 Å². The average molecular weight is 193 g/mol. The van der Waals surface area contributed by atoms with Gasteiger partial charge in [-0.3, -0.25) is 4.79 Å². The molecule has 12 heavy (non-hydrogen) atoms. The van der Waals surface area contributed by atoms with E-state index < -0.39 is 11.5 Å². The molecule has 0 saturated carbocycles. The lowest BCUT2D eigenvalue weighted by Gasteiger charge is -2.17. The molecule has 0 saturated heterocycles. The summed E-state index contributed by atoms with van der Waals surface area (Å²) in [6.45, 7) is 2.13. The highest BCUT2D eigenvalue weighted by atomic mass is 32.2. The second-order valence-corrected chi connectivity index (χ2v) is 3.87. The van der Waals surface area contributed by atoms with Gasteiger partial charge in [0.15, 0.2) is 0 Å². The number of aliphatic carboxylic acids is 1. The Kier molecular flexibility index (Phi) is 5.28. The van der Waals surface area contributed by atoms with Gasteiger partial charge in [-0.05, 0) is 6.92 Å². The number of hydrogen-bond donors (Lipinski definition) is 2. The first-order valence-electron chi connectivity index (χ1n) is 3.59. The van der Waals surface area contributed by atoms with Gasteiger partial charge in [0.2, 0.25) is 0 Å². The Hall–Kier alpha value is -0.260. The fraction of sp³-hybridized carbons (Fsp3) is 0.857. The quantitative estimate of drug-likeness (QED) is 0.588. The fourth-order valence-corrected chi connectivity index (χ4v) is 1.46. The number of hydrogen-bond acceptors (Lipinski definition) is 4. The first-order chi connectivity index (χ1) is 5.50. The van der Waals surface area contributed by atoms with Crippen LogP contribution in [-0.4, -0.2) is 41.8 Å². The van der Waals surface area contributed by atoms with Crippen LogP contribution in [0.4, 0.5) is 0 Å². The van der Waals surface area contributed by atoms with Crippen molar-refractivity contribution in [2.24, 2.45) is 5.73 Å². The highest BCUT2D eigenvalue weighted by Gasteiger charge is 2.27. The maximum Gasteiger partial charge on any atom is 0.324 e. The van der Waals surface area contributed by atoms with E-state index in [1.165, 1.54) is 18.7 Å². The second-order valence-electron chi connectivity index (χ2n) is 2.77. The molecule has 1 atom stereocenters. The Morgan fingerprint density at radius 2 is 2.33 bits per heavy atom. The van der Waals surface area contributed by atoms with E-state index in [1.807, 2.05) is 0 Å². The van der Waals surface area contributed by atoms with Crippen LogP contribution in [-0.2, 0) is 9.53 Å². The molecule has 4 nitrogen and oxygen atoms in total. The Morgan fingerprint density at radius 3 is 2.75 bits per heavy atom. The molecule has 72 valence electrons. The van der Waals surface area contributed by atoms with Gasteiger partial charge < -0.3 is 15.6 Å². The zero-order valence-electron chi connectivity index (χ0n) is 7.37. The Morgan fingerprint density at radius 1 is 1.75 bits per heavy atom. The number of rotatable bonds is 6. The first-order valence-corrected chi connectivity index (χ1v) is 4.75. The predicted molar refractivity (Wildman–Crippen MR) is 49.4 cm³/mol. The van der Waals surface area contributed by atoms with Crippen molar-refractivity contribution in [3.05, 3.63) is 0 Å². The van der Waals surface area contributed by atoms with E-state index in [0.717, 1.165) is 5.75 Å². The molecule has 0 radical (unpaired) electrons. The summed E-state index contributed by atoms with van der Waals surface area (Å²) in [5, 5.41) is 8.63. The van der Waals surface area contributed by atoms with Gasteiger partial charge in [-0.25, -0.2) is 0 Å². The molecule has 0 aliphatic carbocycles. The normalized spacial score (nSPS) is 15.6. The molecular weight excluding hydrogens is 178 g/mol. The number of methoxy groups -OCH3 is 1. The molecule has 0 heterocycles. The van der Waals surface area contributed by atoms with Crippen molar-refractivity contribution in [1.82, 2.24) is 0 Å². The minimum absolute atomic E-state index is 0.408. The molecule has 0 fully saturated rings. The minimum Gasteiger partial charge on any atom is -0.480 e. The summed E-state index contributed by atoms with van der Waals surface area (Å²) < 4.78 is 4.81. The van der Waals surface area contributed by atoms with Crippen LogP contribution in [0.1, 0.15) is 6.92 Å². The van der Waals surface area contributed by atoms with Crippen molar-refractivity contribution in [3.63, 3.8) is 0 Å². The SMILES string of the molecule is COCCSCC(C)(N)C(=O)O. The van der Waals surface area contributed by atoms with E-state index in [2.05, 4.69) is 0 Å². The lowest BCUT2D eigenvalue weighted by Crippen LogP contribution is -2.47. The molecule has 0 bridgehead atoms. The molecule has 0 aromatic heterocycles. The van der Waals surface area contributed by atoms with Crippen molar-refractivity contribution in [1.29, 1.82) is 0 Å². The van der Waals surface area contributed by atoms with Crippen LogP contribution >= 0.6 is 11.8 Å². The topological polar surface area (TPSA) is 72.5 Å². The number of thioether (sulfide) groups is 1. The van der Waals surface area contributed by atoms with E-state index in [9.17, 15) is 4.79 Å². The molecule has 3 N–H and O–H groups in total. The first kappa shape index (κ1) is 11.7. The summed E-state index contributed by atoms with van der Waals surface area (Å²) in [7, 11) is 1.61. The summed E-state index contributed by atoms with van der Waals surface area (Å²) in [6, 6.07) is 0. The highest BCUT2D eigenvalue weighted by molar-refractivity contribution is 7.99. The third-order valence-electron chi connectivity index (χ3n) is 1.32. The Labute approximate surface area is 76.5 Å². The molecule has 0 aromatic rings. The monoisotopic (exact) mass is 193 g/mol. The zero-order chi connectivity index (χ0) is 9.61. The van der Waals surface area contributed by atoms with Crippen molar-refractivity contribution >= 4 is 17.7 Å². The summed E-state index contributed by atoms with van der Waals surface area (Å²) in [6.07, 6.45) is 0. The second kappa shape index (κ2) is 5.40. The van der Waals surface area contributed by atoms with Gasteiger partial charge in [-0.2, -0.15) is 11.8 Å². The van der Waals surface area contributed by atoms with E-state index >= 15 is 0 Å². The van der Waals surface area contributed by atoms with Crippen LogP contribution in [0.3, 0.4) is 0 Å². The molecule has 0 aromatic carbocycles. The van der Waals surface area contributed by atoms with Crippen LogP contribution in [0, 0.1) is 0 Å². The minimum atomic E-state index is -1.13. The number of carboxylic acids is 1. The Bertz CT molecular complexity index is 150. The number of carbonyl (C=O) groups is 1.